The van der Waals surface area contributed by atoms with Gasteiger partial charge < -0.3 is 15.5 Å². The Morgan fingerprint density at radius 1 is 1.40 bits per heavy atom. The van der Waals surface area contributed by atoms with E-state index in [1.807, 2.05) is 32.3 Å². The second-order valence-corrected chi connectivity index (χ2v) is 5.40. The summed E-state index contributed by atoms with van der Waals surface area (Å²) >= 11 is 0. The molecule has 0 saturated carbocycles. The molecule has 0 aliphatic carbocycles. The first-order chi connectivity index (χ1) is 9.70. The van der Waals surface area contributed by atoms with Crippen LogP contribution >= 0.6 is 0 Å². The van der Waals surface area contributed by atoms with Crippen molar-refractivity contribution < 1.29 is 4.79 Å². The van der Waals surface area contributed by atoms with Crippen LogP contribution in [-0.4, -0.2) is 37.6 Å². The van der Waals surface area contributed by atoms with E-state index < -0.39 is 0 Å². The fourth-order valence-electron chi connectivity index (χ4n) is 2.42. The summed E-state index contributed by atoms with van der Waals surface area (Å²) < 4.78 is 0. The molecule has 1 aromatic rings. The molecule has 1 aliphatic rings. The topological polar surface area (TPSA) is 57.3 Å². The lowest BCUT2D eigenvalue weighted by atomic mass is 10.1. The van der Waals surface area contributed by atoms with Crippen molar-refractivity contribution >= 4 is 11.7 Å². The number of amides is 1. The molecule has 0 spiro atoms. The van der Waals surface area contributed by atoms with Crippen molar-refractivity contribution in [1.82, 2.24) is 15.6 Å². The summed E-state index contributed by atoms with van der Waals surface area (Å²) in [4.78, 5) is 18.6. The number of hydrogen-bond donors (Lipinski definition) is 2. The van der Waals surface area contributed by atoms with Crippen LogP contribution in [0.2, 0.25) is 0 Å². The maximum Gasteiger partial charge on any atom is 0.224 e. The van der Waals surface area contributed by atoms with Gasteiger partial charge in [0.2, 0.25) is 5.91 Å². The van der Waals surface area contributed by atoms with Crippen LogP contribution in [0.1, 0.15) is 25.3 Å². The van der Waals surface area contributed by atoms with Crippen LogP contribution in [0.5, 0.6) is 0 Å². The van der Waals surface area contributed by atoms with Crippen LogP contribution in [0.3, 0.4) is 0 Å². The van der Waals surface area contributed by atoms with Gasteiger partial charge >= 0.3 is 0 Å². The third-order valence-corrected chi connectivity index (χ3v) is 3.66. The molecule has 2 rings (SSSR count). The molecule has 0 bridgehead atoms. The van der Waals surface area contributed by atoms with E-state index in [2.05, 4.69) is 20.5 Å². The summed E-state index contributed by atoms with van der Waals surface area (Å²) in [5.74, 6) is 1.10. The van der Waals surface area contributed by atoms with Crippen LogP contribution in [0.25, 0.3) is 0 Å². The summed E-state index contributed by atoms with van der Waals surface area (Å²) in [5, 5.41) is 5.95. The molecule has 1 fully saturated rings. The zero-order valence-electron chi connectivity index (χ0n) is 12.4. The van der Waals surface area contributed by atoms with Crippen LogP contribution < -0.4 is 15.5 Å². The van der Waals surface area contributed by atoms with E-state index in [1.54, 1.807) is 0 Å². The van der Waals surface area contributed by atoms with Crippen LogP contribution in [0.15, 0.2) is 18.3 Å². The highest BCUT2D eigenvalue weighted by atomic mass is 16.1. The number of pyridine rings is 1. The second kappa shape index (κ2) is 7.24. The van der Waals surface area contributed by atoms with E-state index in [4.69, 9.17) is 0 Å². The average molecular weight is 276 g/mol. The van der Waals surface area contributed by atoms with Gasteiger partial charge in [-0.2, -0.15) is 0 Å². The summed E-state index contributed by atoms with van der Waals surface area (Å²) in [7, 11) is 1.85. The molecule has 110 valence electrons. The van der Waals surface area contributed by atoms with Crippen molar-refractivity contribution in [3.05, 3.63) is 23.9 Å². The summed E-state index contributed by atoms with van der Waals surface area (Å²) in [6.07, 6.45) is 4.36. The quantitative estimate of drug-likeness (QED) is 0.818. The number of nitrogens with zero attached hydrogens (tertiary/aromatic N) is 2. The van der Waals surface area contributed by atoms with Gasteiger partial charge in [0.25, 0.3) is 0 Å². The summed E-state index contributed by atoms with van der Waals surface area (Å²) in [6, 6.07) is 4.09. The first kappa shape index (κ1) is 14.8. The van der Waals surface area contributed by atoms with Crippen molar-refractivity contribution in [2.45, 2.75) is 26.3 Å². The van der Waals surface area contributed by atoms with E-state index in [-0.39, 0.29) is 11.8 Å². The van der Waals surface area contributed by atoms with Gasteiger partial charge in [-0.3, -0.25) is 4.79 Å². The average Bonchev–Trinajstić information content (AvgIpc) is 2.99. The van der Waals surface area contributed by atoms with Crippen LogP contribution in [0.4, 0.5) is 5.82 Å². The third-order valence-electron chi connectivity index (χ3n) is 3.66. The first-order valence-electron chi connectivity index (χ1n) is 7.33. The Morgan fingerprint density at radius 3 is 2.75 bits per heavy atom. The van der Waals surface area contributed by atoms with E-state index in [9.17, 15) is 4.79 Å². The van der Waals surface area contributed by atoms with E-state index >= 15 is 0 Å². The number of carbonyl (C=O) groups is 1. The maximum absolute atomic E-state index is 11.8. The molecule has 1 amide bonds. The van der Waals surface area contributed by atoms with Crippen LogP contribution in [0, 0.1) is 5.92 Å². The number of carbonyl (C=O) groups excluding carboxylic acids is 1. The second-order valence-electron chi connectivity index (χ2n) is 5.40. The lowest BCUT2D eigenvalue weighted by Crippen LogP contribution is -2.33. The van der Waals surface area contributed by atoms with Crippen molar-refractivity contribution in [1.29, 1.82) is 0 Å². The highest BCUT2D eigenvalue weighted by molar-refractivity contribution is 5.78. The van der Waals surface area contributed by atoms with Gasteiger partial charge in [-0.1, -0.05) is 13.0 Å². The molecule has 5 nitrogen and oxygen atoms in total. The van der Waals surface area contributed by atoms with Crippen molar-refractivity contribution in [3.63, 3.8) is 0 Å². The van der Waals surface area contributed by atoms with Gasteiger partial charge in [-0.15, -0.1) is 0 Å². The minimum Gasteiger partial charge on any atom is -0.357 e. The molecule has 1 atom stereocenters. The predicted octanol–water partition coefficient (Wildman–Crippen LogP) is 1.15. The fourth-order valence-corrected chi connectivity index (χ4v) is 2.42. The predicted molar refractivity (Wildman–Crippen MR) is 80.6 cm³/mol. The molecule has 20 heavy (non-hydrogen) atoms. The van der Waals surface area contributed by atoms with Crippen molar-refractivity contribution in [2.75, 3.05) is 31.6 Å². The summed E-state index contributed by atoms with van der Waals surface area (Å²) in [5.41, 5.74) is 1.04. The molecular weight excluding hydrogens is 252 g/mol. The van der Waals surface area contributed by atoms with Gasteiger partial charge in [0, 0.05) is 38.3 Å². The van der Waals surface area contributed by atoms with Crippen LogP contribution in [-0.2, 0) is 11.3 Å². The molecule has 0 aromatic carbocycles. The Labute approximate surface area is 120 Å². The molecular formula is C15H24N4O. The highest BCUT2D eigenvalue weighted by Gasteiger charge is 2.14. The molecule has 2 N–H and O–H groups in total. The van der Waals surface area contributed by atoms with Gasteiger partial charge in [0.05, 0.1) is 0 Å². The number of nitrogens with one attached hydrogen (secondary N) is 2. The highest BCUT2D eigenvalue weighted by Crippen LogP contribution is 2.17. The molecule has 1 saturated heterocycles. The van der Waals surface area contributed by atoms with E-state index in [0.29, 0.717) is 13.1 Å². The number of rotatable bonds is 6. The Morgan fingerprint density at radius 2 is 2.15 bits per heavy atom. The standard InChI is InChI=1S/C15H24N4O/c1-12(9-16-2)15(20)18-11-13-5-6-14(17-10-13)19-7-3-4-8-19/h5-6,10,12,16H,3-4,7-9,11H2,1-2H3,(H,18,20). The fraction of sp³-hybridized carbons (Fsp3) is 0.600. The van der Waals surface area contributed by atoms with Gasteiger partial charge in [0.1, 0.15) is 5.82 Å². The van der Waals surface area contributed by atoms with Gasteiger partial charge in [0.15, 0.2) is 0 Å². The number of aromatic nitrogens is 1. The Kier molecular flexibility index (Phi) is 5.35. The van der Waals surface area contributed by atoms with Crippen molar-refractivity contribution in [3.8, 4) is 0 Å². The molecule has 1 aromatic heterocycles. The zero-order chi connectivity index (χ0) is 14.4. The van der Waals surface area contributed by atoms with Crippen molar-refractivity contribution in [2.24, 2.45) is 5.92 Å². The Bertz CT molecular complexity index is 426. The van der Waals surface area contributed by atoms with E-state index in [0.717, 1.165) is 24.5 Å². The zero-order valence-corrected chi connectivity index (χ0v) is 12.4. The first-order valence-corrected chi connectivity index (χ1v) is 7.33. The number of anilines is 1. The smallest absolute Gasteiger partial charge is 0.224 e. The monoisotopic (exact) mass is 276 g/mol. The van der Waals surface area contributed by atoms with E-state index in [1.165, 1.54) is 12.8 Å². The minimum absolute atomic E-state index is 0.0168. The SMILES string of the molecule is CNCC(C)C(=O)NCc1ccc(N2CCCC2)nc1. The Hall–Kier alpha value is -1.62. The van der Waals surface area contributed by atoms with Gasteiger partial charge in [-0.25, -0.2) is 4.98 Å². The molecule has 2 heterocycles. The summed E-state index contributed by atoms with van der Waals surface area (Å²) in [6.45, 7) is 5.36. The lowest BCUT2D eigenvalue weighted by Gasteiger charge is -2.16. The lowest BCUT2D eigenvalue weighted by molar-refractivity contribution is -0.124. The third kappa shape index (κ3) is 3.93. The van der Waals surface area contributed by atoms with Gasteiger partial charge in [-0.05, 0) is 31.5 Å². The Balaban J connectivity index is 1.83. The molecule has 1 unspecified atom stereocenters. The normalized spacial score (nSPS) is 16.2. The molecule has 5 heteroatoms. The molecule has 1 aliphatic heterocycles. The number of hydrogen-bond acceptors (Lipinski definition) is 4. The minimum atomic E-state index is -0.0168. The largest absolute Gasteiger partial charge is 0.357 e. The maximum atomic E-state index is 11.8. The molecule has 0 radical (unpaired) electrons.